The number of carboxylic acid groups (broad SMARTS) is 1. The average molecular weight is 289 g/mol. The van der Waals surface area contributed by atoms with Crippen molar-refractivity contribution < 1.29 is 15.0 Å². The van der Waals surface area contributed by atoms with Gasteiger partial charge in [0.15, 0.2) is 5.69 Å². The van der Waals surface area contributed by atoms with Crippen LogP contribution in [0.25, 0.3) is 5.52 Å². The van der Waals surface area contributed by atoms with Crippen LogP contribution < -0.4 is 0 Å². The van der Waals surface area contributed by atoms with Crippen LogP contribution in [0.2, 0.25) is 0 Å². The highest BCUT2D eigenvalue weighted by Crippen LogP contribution is 2.30. The molecule has 6 nitrogen and oxygen atoms in total. The van der Waals surface area contributed by atoms with E-state index in [0.29, 0.717) is 11.6 Å². The van der Waals surface area contributed by atoms with Gasteiger partial charge in [0, 0.05) is 18.5 Å². The van der Waals surface area contributed by atoms with Gasteiger partial charge in [0.05, 0.1) is 11.7 Å². The van der Waals surface area contributed by atoms with Crippen LogP contribution in [0.5, 0.6) is 5.75 Å². The Hall–Kier alpha value is -2.08. The highest BCUT2D eigenvalue weighted by molar-refractivity contribution is 5.93. The Balaban J connectivity index is 2.06. The number of hydrogen-bond donors (Lipinski definition) is 2. The molecule has 0 aromatic carbocycles. The van der Waals surface area contributed by atoms with E-state index in [1.165, 1.54) is 6.07 Å². The van der Waals surface area contributed by atoms with E-state index >= 15 is 0 Å². The minimum atomic E-state index is -1.04. The maximum atomic E-state index is 11.4. The van der Waals surface area contributed by atoms with Crippen molar-refractivity contribution in [3.63, 3.8) is 0 Å². The van der Waals surface area contributed by atoms with Crippen molar-refractivity contribution in [1.29, 1.82) is 0 Å². The third kappa shape index (κ3) is 2.35. The molecule has 112 valence electrons. The van der Waals surface area contributed by atoms with Gasteiger partial charge in [-0.15, -0.1) is 0 Å². The molecule has 0 bridgehead atoms. The number of aromatic carboxylic acids is 1. The number of fused-ring (bicyclic) bond motifs is 1. The van der Waals surface area contributed by atoms with Crippen molar-refractivity contribution in [2.45, 2.75) is 32.2 Å². The molecule has 6 heteroatoms. The van der Waals surface area contributed by atoms with E-state index in [1.807, 2.05) is 0 Å². The van der Waals surface area contributed by atoms with Gasteiger partial charge in [-0.2, -0.15) is 0 Å². The van der Waals surface area contributed by atoms with E-state index in [0.717, 1.165) is 25.3 Å². The molecular formula is C15H19N3O3. The Kier molecular flexibility index (Phi) is 3.33. The van der Waals surface area contributed by atoms with Crippen molar-refractivity contribution in [3.8, 4) is 5.75 Å². The second-order valence-corrected chi connectivity index (χ2v) is 5.84. The van der Waals surface area contributed by atoms with E-state index in [1.54, 1.807) is 16.7 Å². The Bertz CT molecular complexity index is 693. The highest BCUT2D eigenvalue weighted by Gasteiger charge is 2.30. The van der Waals surface area contributed by atoms with Gasteiger partial charge in [-0.05, 0) is 38.9 Å². The SMILES string of the molecule is CC(C)N1CCC(c2nc(C(=O)O)c3ccc(O)cn23)C1. The van der Waals surface area contributed by atoms with Crippen molar-refractivity contribution in [2.75, 3.05) is 13.1 Å². The third-order valence-electron chi connectivity index (χ3n) is 4.17. The minimum Gasteiger partial charge on any atom is -0.506 e. The molecule has 3 rings (SSSR count). The fourth-order valence-corrected chi connectivity index (χ4v) is 3.01. The summed E-state index contributed by atoms with van der Waals surface area (Å²) in [6.45, 7) is 6.16. The monoisotopic (exact) mass is 289 g/mol. The summed E-state index contributed by atoms with van der Waals surface area (Å²) in [5.74, 6) is -0.0174. The lowest BCUT2D eigenvalue weighted by molar-refractivity contribution is 0.0693. The van der Waals surface area contributed by atoms with Crippen LogP contribution in [0.3, 0.4) is 0 Å². The van der Waals surface area contributed by atoms with Gasteiger partial charge >= 0.3 is 5.97 Å². The third-order valence-corrected chi connectivity index (χ3v) is 4.17. The van der Waals surface area contributed by atoms with Gasteiger partial charge in [-0.3, -0.25) is 4.40 Å². The molecule has 1 saturated heterocycles. The van der Waals surface area contributed by atoms with Crippen LogP contribution in [0.1, 0.15) is 42.5 Å². The van der Waals surface area contributed by atoms with E-state index in [9.17, 15) is 15.0 Å². The molecule has 3 heterocycles. The molecule has 1 aliphatic rings. The molecular weight excluding hydrogens is 270 g/mol. The summed E-state index contributed by atoms with van der Waals surface area (Å²) >= 11 is 0. The van der Waals surface area contributed by atoms with Gasteiger partial charge in [-0.25, -0.2) is 9.78 Å². The number of imidazole rings is 1. The number of hydrogen-bond acceptors (Lipinski definition) is 4. The molecule has 1 atom stereocenters. The topological polar surface area (TPSA) is 78.1 Å². The first kappa shape index (κ1) is 13.9. The second-order valence-electron chi connectivity index (χ2n) is 5.84. The quantitative estimate of drug-likeness (QED) is 0.902. The molecule has 2 aromatic heterocycles. The van der Waals surface area contributed by atoms with Gasteiger partial charge < -0.3 is 15.1 Å². The number of carboxylic acids is 1. The number of pyridine rings is 1. The molecule has 0 aliphatic carbocycles. The fraction of sp³-hybridized carbons (Fsp3) is 0.467. The van der Waals surface area contributed by atoms with E-state index in [2.05, 4.69) is 23.7 Å². The number of likely N-dealkylation sites (tertiary alicyclic amines) is 1. The van der Waals surface area contributed by atoms with Crippen molar-refractivity contribution in [1.82, 2.24) is 14.3 Å². The Morgan fingerprint density at radius 2 is 2.19 bits per heavy atom. The van der Waals surface area contributed by atoms with E-state index in [4.69, 9.17) is 0 Å². The number of carbonyl (C=O) groups is 1. The molecule has 1 fully saturated rings. The Labute approximate surface area is 122 Å². The van der Waals surface area contributed by atoms with Crippen LogP contribution in [-0.2, 0) is 0 Å². The largest absolute Gasteiger partial charge is 0.506 e. The number of nitrogens with zero attached hydrogens (tertiary/aromatic N) is 3. The van der Waals surface area contributed by atoms with Crippen LogP contribution in [0.15, 0.2) is 18.3 Å². The highest BCUT2D eigenvalue weighted by atomic mass is 16.4. The predicted molar refractivity (Wildman–Crippen MR) is 77.9 cm³/mol. The molecule has 2 aromatic rings. The summed E-state index contributed by atoms with van der Waals surface area (Å²) in [5.41, 5.74) is 0.575. The normalized spacial score (nSPS) is 19.7. The van der Waals surface area contributed by atoms with Crippen LogP contribution >= 0.6 is 0 Å². The Morgan fingerprint density at radius 3 is 2.81 bits per heavy atom. The summed E-state index contributed by atoms with van der Waals surface area (Å²) in [4.78, 5) is 18.0. The van der Waals surface area contributed by atoms with Crippen molar-refractivity contribution >= 4 is 11.5 Å². The molecule has 1 unspecified atom stereocenters. The molecule has 0 amide bonds. The maximum absolute atomic E-state index is 11.4. The molecule has 2 N–H and O–H groups in total. The minimum absolute atomic E-state index is 0.0491. The summed E-state index contributed by atoms with van der Waals surface area (Å²) < 4.78 is 1.72. The van der Waals surface area contributed by atoms with Crippen LogP contribution in [-0.4, -0.2) is 49.6 Å². The van der Waals surface area contributed by atoms with Crippen molar-refractivity contribution in [2.24, 2.45) is 0 Å². The van der Waals surface area contributed by atoms with Crippen molar-refractivity contribution in [3.05, 3.63) is 29.8 Å². The smallest absolute Gasteiger partial charge is 0.356 e. The lowest BCUT2D eigenvalue weighted by atomic mass is 10.1. The molecule has 0 radical (unpaired) electrons. The van der Waals surface area contributed by atoms with E-state index in [-0.39, 0.29) is 17.4 Å². The maximum Gasteiger partial charge on any atom is 0.356 e. The average Bonchev–Trinajstić information content (AvgIpc) is 3.01. The Morgan fingerprint density at radius 1 is 1.43 bits per heavy atom. The van der Waals surface area contributed by atoms with E-state index < -0.39 is 5.97 Å². The number of aromatic nitrogens is 2. The predicted octanol–water partition coefficient (Wildman–Crippen LogP) is 1.94. The summed E-state index contributed by atoms with van der Waals surface area (Å²) in [5, 5.41) is 19.0. The second kappa shape index (κ2) is 5.04. The van der Waals surface area contributed by atoms with Crippen LogP contribution in [0, 0.1) is 0 Å². The molecule has 21 heavy (non-hydrogen) atoms. The standard InChI is InChI=1S/C15H19N3O3/c1-9(2)17-6-5-10(7-17)14-16-13(15(20)21)12-4-3-11(19)8-18(12)14/h3-4,8-10,19H,5-7H2,1-2H3,(H,20,21). The number of aromatic hydroxyl groups is 1. The zero-order valence-electron chi connectivity index (χ0n) is 12.2. The summed E-state index contributed by atoms with van der Waals surface area (Å²) in [6, 6.07) is 3.56. The van der Waals surface area contributed by atoms with Gasteiger partial charge in [0.1, 0.15) is 11.6 Å². The lowest BCUT2D eigenvalue weighted by Crippen LogP contribution is -2.28. The molecule has 0 saturated carbocycles. The van der Waals surface area contributed by atoms with Crippen LogP contribution in [0.4, 0.5) is 0 Å². The first-order chi connectivity index (χ1) is 9.97. The van der Waals surface area contributed by atoms with Gasteiger partial charge in [0.25, 0.3) is 0 Å². The van der Waals surface area contributed by atoms with Gasteiger partial charge in [-0.1, -0.05) is 0 Å². The first-order valence-corrected chi connectivity index (χ1v) is 7.15. The zero-order chi connectivity index (χ0) is 15.1. The summed E-state index contributed by atoms with van der Waals surface area (Å²) in [6.07, 6.45) is 2.49. The summed E-state index contributed by atoms with van der Waals surface area (Å²) in [7, 11) is 0. The fourth-order valence-electron chi connectivity index (χ4n) is 3.01. The first-order valence-electron chi connectivity index (χ1n) is 7.15. The van der Waals surface area contributed by atoms with Gasteiger partial charge in [0.2, 0.25) is 0 Å². The zero-order valence-corrected chi connectivity index (χ0v) is 12.2. The molecule has 1 aliphatic heterocycles. The lowest BCUT2D eigenvalue weighted by Gasteiger charge is -2.19. The molecule has 0 spiro atoms. The number of rotatable bonds is 3.